The molecule has 72 valence electrons. The van der Waals surface area contributed by atoms with Gasteiger partial charge in [-0.05, 0) is 12.8 Å². The highest BCUT2D eigenvalue weighted by Crippen LogP contribution is 2.16. The molecule has 1 saturated heterocycles. The van der Waals surface area contributed by atoms with E-state index >= 15 is 0 Å². The molecule has 2 rings (SSSR count). The van der Waals surface area contributed by atoms with Crippen molar-refractivity contribution in [1.82, 2.24) is 4.90 Å². The molecule has 0 aliphatic carbocycles. The molecule has 0 aromatic carbocycles. The number of amidine groups is 2. The first-order valence-corrected chi connectivity index (χ1v) is 4.93. The van der Waals surface area contributed by atoms with Crippen LogP contribution in [-0.4, -0.2) is 34.9 Å². The number of nitrogens with zero attached hydrogens (tertiary/aromatic N) is 3. The van der Waals surface area contributed by atoms with E-state index in [2.05, 4.69) is 15.0 Å². The monoisotopic (exact) mass is 181 g/mol. The Balaban J connectivity index is 2.16. The normalized spacial score (nSPS) is 26.6. The Bertz CT molecular complexity index is 247. The number of oxime groups is 1. The molecular weight excluding hydrogens is 166 g/mol. The Labute approximate surface area is 77.9 Å². The van der Waals surface area contributed by atoms with Crippen LogP contribution >= 0.6 is 0 Å². The minimum Gasteiger partial charge on any atom is -0.409 e. The first-order chi connectivity index (χ1) is 6.40. The SMILES string of the molecule is O/N=C1/CCN2CCCCCC2=N1. The Hall–Kier alpha value is -1.06. The summed E-state index contributed by atoms with van der Waals surface area (Å²) in [5.41, 5.74) is 0. The summed E-state index contributed by atoms with van der Waals surface area (Å²) in [6.07, 6.45) is 5.60. The summed E-state index contributed by atoms with van der Waals surface area (Å²) in [6, 6.07) is 0. The Morgan fingerprint density at radius 2 is 2.08 bits per heavy atom. The van der Waals surface area contributed by atoms with Gasteiger partial charge in [0.1, 0.15) is 5.84 Å². The predicted molar refractivity (Wildman–Crippen MR) is 51.3 cm³/mol. The molecule has 0 amide bonds. The van der Waals surface area contributed by atoms with Gasteiger partial charge in [0, 0.05) is 25.9 Å². The van der Waals surface area contributed by atoms with Gasteiger partial charge in [-0.3, -0.25) is 0 Å². The fourth-order valence-electron chi connectivity index (χ4n) is 1.93. The second-order valence-corrected chi connectivity index (χ2v) is 3.59. The van der Waals surface area contributed by atoms with Crippen LogP contribution in [0.4, 0.5) is 0 Å². The van der Waals surface area contributed by atoms with Crippen molar-refractivity contribution in [1.29, 1.82) is 0 Å². The molecule has 13 heavy (non-hydrogen) atoms. The minimum atomic E-state index is 0.591. The van der Waals surface area contributed by atoms with Crippen LogP contribution in [0.2, 0.25) is 0 Å². The number of fused-ring (bicyclic) bond motifs is 1. The lowest BCUT2D eigenvalue weighted by atomic mass is 10.2. The van der Waals surface area contributed by atoms with Crippen LogP contribution in [0.5, 0.6) is 0 Å². The summed E-state index contributed by atoms with van der Waals surface area (Å²) in [4.78, 5) is 6.65. The van der Waals surface area contributed by atoms with Crippen molar-refractivity contribution in [3.05, 3.63) is 0 Å². The summed E-state index contributed by atoms with van der Waals surface area (Å²) in [5, 5.41) is 11.8. The van der Waals surface area contributed by atoms with Gasteiger partial charge in [0.2, 0.25) is 0 Å². The molecular formula is C9H15N3O. The summed E-state index contributed by atoms with van der Waals surface area (Å²) in [6.45, 7) is 2.09. The third-order valence-electron chi connectivity index (χ3n) is 2.67. The molecule has 4 nitrogen and oxygen atoms in total. The third kappa shape index (κ3) is 1.82. The van der Waals surface area contributed by atoms with E-state index in [4.69, 9.17) is 5.21 Å². The highest BCUT2D eigenvalue weighted by atomic mass is 16.4. The van der Waals surface area contributed by atoms with Crippen molar-refractivity contribution < 1.29 is 5.21 Å². The van der Waals surface area contributed by atoms with Crippen LogP contribution < -0.4 is 0 Å². The lowest BCUT2D eigenvalue weighted by Gasteiger charge is -2.27. The molecule has 2 aliphatic rings. The number of rotatable bonds is 0. The Morgan fingerprint density at radius 3 is 2.92 bits per heavy atom. The van der Waals surface area contributed by atoms with Gasteiger partial charge in [-0.2, -0.15) is 0 Å². The molecule has 0 unspecified atom stereocenters. The fraction of sp³-hybridized carbons (Fsp3) is 0.778. The maximum absolute atomic E-state index is 8.61. The first-order valence-electron chi connectivity index (χ1n) is 4.93. The van der Waals surface area contributed by atoms with Crippen LogP contribution in [0.1, 0.15) is 32.1 Å². The predicted octanol–water partition coefficient (Wildman–Crippen LogP) is 1.45. The van der Waals surface area contributed by atoms with Gasteiger partial charge in [0.15, 0.2) is 5.84 Å². The molecule has 0 atom stereocenters. The lowest BCUT2D eigenvalue weighted by Crippen LogP contribution is -2.36. The molecule has 0 spiro atoms. The zero-order valence-corrected chi connectivity index (χ0v) is 7.74. The average Bonchev–Trinajstić information content (AvgIpc) is 2.41. The van der Waals surface area contributed by atoms with Gasteiger partial charge in [-0.25, -0.2) is 4.99 Å². The average molecular weight is 181 g/mol. The molecule has 2 heterocycles. The first kappa shape index (κ1) is 8.53. The van der Waals surface area contributed by atoms with Gasteiger partial charge in [0.25, 0.3) is 0 Å². The molecule has 2 aliphatic heterocycles. The topological polar surface area (TPSA) is 48.2 Å². The van der Waals surface area contributed by atoms with Crippen LogP contribution in [0.3, 0.4) is 0 Å². The van der Waals surface area contributed by atoms with E-state index < -0.39 is 0 Å². The smallest absolute Gasteiger partial charge is 0.171 e. The second-order valence-electron chi connectivity index (χ2n) is 3.59. The maximum atomic E-state index is 8.61. The molecule has 0 radical (unpaired) electrons. The molecule has 0 saturated carbocycles. The Kier molecular flexibility index (Phi) is 2.47. The number of hydrogen-bond acceptors (Lipinski definition) is 3. The zero-order valence-electron chi connectivity index (χ0n) is 7.74. The van der Waals surface area contributed by atoms with E-state index in [1.165, 1.54) is 19.3 Å². The van der Waals surface area contributed by atoms with Gasteiger partial charge in [0.05, 0.1) is 0 Å². The quantitative estimate of drug-likeness (QED) is 0.454. The fourth-order valence-corrected chi connectivity index (χ4v) is 1.93. The van der Waals surface area contributed by atoms with Gasteiger partial charge < -0.3 is 10.1 Å². The summed E-state index contributed by atoms with van der Waals surface area (Å²) >= 11 is 0. The van der Waals surface area contributed by atoms with Crippen LogP contribution in [0, 0.1) is 0 Å². The van der Waals surface area contributed by atoms with Crippen molar-refractivity contribution in [3.63, 3.8) is 0 Å². The molecule has 4 heteroatoms. The highest BCUT2D eigenvalue weighted by Gasteiger charge is 2.20. The van der Waals surface area contributed by atoms with Gasteiger partial charge in [-0.15, -0.1) is 0 Å². The maximum Gasteiger partial charge on any atom is 0.171 e. The van der Waals surface area contributed by atoms with Crippen molar-refractivity contribution in [2.24, 2.45) is 10.1 Å². The molecule has 0 aromatic heterocycles. The molecule has 1 N–H and O–H groups in total. The number of aliphatic imine (C=N–C) groups is 1. The van der Waals surface area contributed by atoms with Crippen molar-refractivity contribution in [2.75, 3.05) is 13.1 Å². The van der Waals surface area contributed by atoms with E-state index in [1.807, 2.05) is 0 Å². The van der Waals surface area contributed by atoms with E-state index in [1.54, 1.807) is 0 Å². The Morgan fingerprint density at radius 1 is 1.15 bits per heavy atom. The van der Waals surface area contributed by atoms with Crippen LogP contribution in [0.25, 0.3) is 0 Å². The second kappa shape index (κ2) is 3.77. The van der Waals surface area contributed by atoms with Gasteiger partial charge in [-0.1, -0.05) is 11.6 Å². The van der Waals surface area contributed by atoms with Crippen molar-refractivity contribution in [2.45, 2.75) is 32.1 Å². The van der Waals surface area contributed by atoms with E-state index in [-0.39, 0.29) is 0 Å². The molecule has 0 aromatic rings. The van der Waals surface area contributed by atoms with E-state index in [0.717, 1.165) is 31.8 Å². The summed E-state index contributed by atoms with van der Waals surface area (Å²) in [5.74, 6) is 1.71. The summed E-state index contributed by atoms with van der Waals surface area (Å²) in [7, 11) is 0. The summed E-state index contributed by atoms with van der Waals surface area (Å²) < 4.78 is 0. The third-order valence-corrected chi connectivity index (χ3v) is 2.67. The molecule has 1 fully saturated rings. The minimum absolute atomic E-state index is 0.591. The van der Waals surface area contributed by atoms with Crippen LogP contribution in [-0.2, 0) is 0 Å². The highest BCUT2D eigenvalue weighted by molar-refractivity contribution is 5.99. The van der Waals surface area contributed by atoms with Crippen molar-refractivity contribution in [3.8, 4) is 0 Å². The zero-order chi connectivity index (χ0) is 9.10. The van der Waals surface area contributed by atoms with Gasteiger partial charge >= 0.3 is 0 Å². The van der Waals surface area contributed by atoms with Crippen molar-refractivity contribution >= 4 is 11.7 Å². The van der Waals surface area contributed by atoms with E-state index in [9.17, 15) is 0 Å². The lowest BCUT2D eigenvalue weighted by molar-refractivity contribution is 0.313. The largest absolute Gasteiger partial charge is 0.409 e. The number of hydrogen-bond donors (Lipinski definition) is 1. The molecule has 0 bridgehead atoms. The van der Waals surface area contributed by atoms with E-state index in [0.29, 0.717) is 5.84 Å². The standard InChI is InChI=1S/C9H15N3O/c13-11-8-5-7-12-6-3-1-2-4-9(12)10-8/h13H,1-7H2/b11-8-. The van der Waals surface area contributed by atoms with Crippen LogP contribution in [0.15, 0.2) is 10.1 Å².